The molecule has 0 N–H and O–H groups in total. The van der Waals surface area contributed by atoms with Crippen LogP contribution >= 0.6 is 22.9 Å². The van der Waals surface area contributed by atoms with Gasteiger partial charge >= 0.3 is 0 Å². The topological polar surface area (TPSA) is 25.8 Å². The molecule has 0 aliphatic heterocycles. The van der Waals surface area contributed by atoms with Gasteiger partial charge in [-0.2, -0.15) is 0 Å². The average Bonchev–Trinajstić information content (AvgIpc) is 2.85. The molecule has 0 aliphatic carbocycles. The minimum atomic E-state index is 0.716. The Balaban J connectivity index is 1.94. The molecule has 0 aliphatic rings. The zero-order valence-corrected chi connectivity index (χ0v) is 10.8. The first-order valence-electron chi connectivity index (χ1n) is 5.28. The Kier molecular flexibility index (Phi) is 2.97. The molecule has 3 aromatic rings. The van der Waals surface area contributed by atoms with Crippen molar-refractivity contribution in [3.05, 3.63) is 58.2 Å². The molecule has 86 valence electrons. The largest absolute Gasteiger partial charge is 0.235 e. The van der Waals surface area contributed by atoms with E-state index in [0.29, 0.717) is 5.02 Å². The lowest BCUT2D eigenvalue weighted by atomic mass is 10.2. The fourth-order valence-electron chi connectivity index (χ4n) is 1.50. The number of pyridine rings is 1. The lowest BCUT2D eigenvalue weighted by Gasteiger charge is -1.91. The summed E-state index contributed by atoms with van der Waals surface area (Å²) in [4.78, 5) is 8.38. The first-order valence-corrected chi connectivity index (χ1v) is 6.54. The van der Waals surface area contributed by atoms with Gasteiger partial charge in [-0.1, -0.05) is 23.4 Å². The summed E-state index contributed by atoms with van der Waals surface area (Å²) < 4.78 is 1.05. The van der Waals surface area contributed by atoms with E-state index in [1.807, 2.05) is 30.3 Å². The predicted octanol–water partition coefficient (Wildman–Crippen LogP) is 3.74. The monoisotopic (exact) mass is 270 g/mol. The highest BCUT2D eigenvalue weighted by Gasteiger charge is 1.97. The number of fused-ring (bicyclic) bond motifs is 1. The van der Waals surface area contributed by atoms with Gasteiger partial charge in [0.15, 0.2) is 5.65 Å². The van der Waals surface area contributed by atoms with Crippen LogP contribution in [0.3, 0.4) is 0 Å². The second kappa shape index (κ2) is 4.77. The van der Waals surface area contributed by atoms with Crippen LogP contribution in [0.25, 0.3) is 10.3 Å². The van der Waals surface area contributed by atoms with Crippen LogP contribution in [-0.2, 0) is 0 Å². The van der Waals surface area contributed by atoms with E-state index in [0.717, 1.165) is 21.5 Å². The molecular formula is C14H7ClN2S. The first-order chi connectivity index (χ1) is 8.81. The summed E-state index contributed by atoms with van der Waals surface area (Å²) in [6.07, 6.45) is 1.74. The van der Waals surface area contributed by atoms with E-state index in [2.05, 4.69) is 21.8 Å². The Morgan fingerprint density at radius 3 is 2.61 bits per heavy atom. The molecule has 4 heteroatoms. The van der Waals surface area contributed by atoms with E-state index >= 15 is 0 Å². The normalized spacial score (nSPS) is 10.1. The Hall–Kier alpha value is -1.89. The zero-order chi connectivity index (χ0) is 12.4. The molecule has 1 aromatic carbocycles. The number of rotatable bonds is 0. The minimum Gasteiger partial charge on any atom is -0.235 e. The van der Waals surface area contributed by atoms with Crippen molar-refractivity contribution in [2.75, 3.05) is 0 Å². The smallest absolute Gasteiger partial charge is 0.170 e. The lowest BCUT2D eigenvalue weighted by Crippen LogP contribution is -1.80. The Morgan fingerprint density at radius 2 is 1.78 bits per heavy atom. The van der Waals surface area contributed by atoms with E-state index in [1.54, 1.807) is 23.0 Å². The maximum Gasteiger partial charge on any atom is 0.170 e. The van der Waals surface area contributed by atoms with Crippen molar-refractivity contribution in [1.82, 2.24) is 9.97 Å². The molecule has 0 saturated carbocycles. The van der Waals surface area contributed by atoms with Crippen molar-refractivity contribution < 1.29 is 0 Å². The van der Waals surface area contributed by atoms with E-state index in [4.69, 9.17) is 11.6 Å². The summed E-state index contributed by atoms with van der Waals surface area (Å²) in [5.41, 5.74) is 4.39. The Labute approximate surface area is 113 Å². The van der Waals surface area contributed by atoms with E-state index in [1.165, 1.54) is 0 Å². The van der Waals surface area contributed by atoms with Crippen LogP contribution in [0.5, 0.6) is 0 Å². The van der Waals surface area contributed by atoms with Gasteiger partial charge in [0.1, 0.15) is 0 Å². The summed E-state index contributed by atoms with van der Waals surface area (Å²) in [6, 6.07) is 9.46. The highest BCUT2D eigenvalue weighted by atomic mass is 35.5. The molecule has 0 amide bonds. The van der Waals surface area contributed by atoms with Gasteiger partial charge in [0.25, 0.3) is 0 Å². The highest BCUT2D eigenvalue weighted by molar-refractivity contribution is 7.16. The highest BCUT2D eigenvalue weighted by Crippen LogP contribution is 2.16. The molecule has 3 rings (SSSR count). The van der Waals surface area contributed by atoms with Gasteiger partial charge in [-0.15, -0.1) is 11.3 Å². The summed E-state index contributed by atoms with van der Waals surface area (Å²) >= 11 is 7.38. The van der Waals surface area contributed by atoms with Crippen molar-refractivity contribution in [3.63, 3.8) is 0 Å². The van der Waals surface area contributed by atoms with Crippen LogP contribution in [-0.4, -0.2) is 9.97 Å². The molecule has 2 aromatic heterocycles. The number of nitrogens with zero attached hydrogens (tertiary/aromatic N) is 2. The molecule has 0 fully saturated rings. The number of thiazole rings is 1. The molecule has 18 heavy (non-hydrogen) atoms. The zero-order valence-electron chi connectivity index (χ0n) is 9.22. The molecule has 0 radical (unpaired) electrons. The number of hydrogen-bond donors (Lipinski definition) is 0. The maximum atomic E-state index is 5.82. The fourth-order valence-corrected chi connectivity index (χ4v) is 2.30. The molecule has 0 atom stereocenters. The van der Waals surface area contributed by atoms with Gasteiger partial charge in [0, 0.05) is 22.3 Å². The third kappa shape index (κ3) is 2.35. The Morgan fingerprint density at radius 1 is 1.00 bits per heavy atom. The third-order valence-corrected chi connectivity index (χ3v) is 3.40. The third-order valence-electron chi connectivity index (χ3n) is 2.38. The van der Waals surface area contributed by atoms with Crippen molar-refractivity contribution in [2.45, 2.75) is 0 Å². The molecule has 2 heterocycles. The number of benzene rings is 1. The second-order valence-corrected chi connectivity index (χ2v) is 4.98. The quantitative estimate of drug-likeness (QED) is 0.582. The molecular weight excluding hydrogens is 264 g/mol. The van der Waals surface area contributed by atoms with Crippen LogP contribution in [0, 0.1) is 11.8 Å². The van der Waals surface area contributed by atoms with Gasteiger partial charge in [-0.05, 0) is 30.3 Å². The number of aromatic nitrogens is 2. The molecule has 0 bridgehead atoms. The number of halogens is 1. The lowest BCUT2D eigenvalue weighted by molar-refractivity contribution is 1.32. The molecule has 0 spiro atoms. The van der Waals surface area contributed by atoms with Crippen LogP contribution in [0.1, 0.15) is 11.1 Å². The van der Waals surface area contributed by atoms with Crippen LogP contribution in [0.15, 0.2) is 42.0 Å². The van der Waals surface area contributed by atoms with Gasteiger partial charge in [0.05, 0.1) is 10.2 Å². The molecule has 2 nitrogen and oxygen atoms in total. The fraction of sp³-hybridized carbons (Fsp3) is 0. The van der Waals surface area contributed by atoms with Gasteiger partial charge < -0.3 is 0 Å². The first kappa shape index (κ1) is 11.2. The van der Waals surface area contributed by atoms with Crippen LogP contribution in [0.4, 0.5) is 0 Å². The van der Waals surface area contributed by atoms with E-state index in [-0.39, 0.29) is 0 Å². The van der Waals surface area contributed by atoms with Crippen molar-refractivity contribution in [2.24, 2.45) is 0 Å². The van der Waals surface area contributed by atoms with E-state index < -0.39 is 0 Å². The standard InChI is InChI=1S/C14H7ClN2S/c15-12-5-3-10(4-6-12)1-2-11-7-13-14(16-8-11)17-9-18-13/h3-9H. The Bertz CT molecular complexity index is 751. The van der Waals surface area contributed by atoms with Gasteiger partial charge in [-0.3, -0.25) is 0 Å². The second-order valence-electron chi connectivity index (χ2n) is 3.65. The predicted molar refractivity (Wildman–Crippen MR) is 74.8 cm³/mol. The molecule has 0 unspecified atom stereocenters. The van der Waals surface area contributed by atoms with Crippen molar-refractivity contribution >= 4 is 33.3 Å². The summed E-state index contributed by atoms with van der Waals surface area (Å²) in [5.74, 6) is 6.17. The summed E-state index contributed by atoms with van der Waals surface area (Å²) in [7, 11) is 0. The summed E-state index contributed by atoms with van der Waals surface area (Å²) in [5, 5.41) is 0.716. The average molecular weight is 271 g/mol. The van der Waals surface area contributed by atoms with E-state index in [9.17, 15) is 0 Å². The summed E-state index contributed by atoms with van der Waals surface area (Å²) in [6.45, 7) is 0. The van der Waals surface area contributed by atoms with Gasteiger partial charge in [0.2, 0.25) is 0 Å². The van der Waals surface area contributed by atoms with Gasteiger partial charge in [-0.25, -0.2) is 9.97 Å². The van der Waals surface area contributed by atoms with Crippen molar-refractivity contribution in [1.29, 1.82) is 0 Å². The number of hydrogen-bond acceptors (Lipinski definition) is 3. The minimum absolute atomic E-state index is 0.716. The van der Waals surface area contributed by atoms with Crippen LogP contribution < -0.4 is 0 Å². The van der Waals surface area contributed by atoms with Crippen molar-refractivity contribution in [3.8, 4) is 11.8 Å². The maximum absolute atomic E-state index is 5.82. The SMILES string of the molecule is Clc1ccc(C#Cc2cnc3ncsc3c2)cc1. The molecule has 0 saturated heterocycles. The van der Waals surface area contributed by atoms with Crippen LogP contribution in [0.2, 0.25) is 5.02 Å².